The number of halogens is 1. The Hall–Kier alpha value is -1.16. The topological polar surface area (TPSA) is 37.4 Å². The molecule has 0 atom stereocenters. The number of Topliss-reactive ketones (excluding diaryl/α,β-unsaturated/α-hetero) is 1. The SMILES string of the molecule is CC(C)(CBr)CN1C(=O)C(=O)c2ccccc21. The van der Waals surface area contributed by atoms with Gasteiger partial charge < -0.3 is 4.90 Å². The number of hydrogen-bond donors (Lipinski definition) is 0. The van der Waals surface area contributed by atoms with Crippen molar-refractivity contribution in [3.05, 3.63) is 29.8 Å². The number of ketones is 1. The van der Waals surface area contributed by atoms with Crippen molar-refractivity contribution >= 4 is 33.3 Å². The summed E-state index contributed by atoms with van der Waals surface area (Å²) in [5.41, 5.74) is 1.19. The maximum atomic E-state index is 11.9. The first-order valence-electron chi connectivity index (χ1n) is 5.47. The van der Waals surface area contributed by atoms with Crippen LogP contribution in [-0.2, 0) is 4.79 Å². The zero-order valence-electron chi connectivity index (χ0n) is 9.87. The van der Waals surface area contributed by atoms with Gasteiger partial charge in [-0.2, -0.15) is 0 Å². The van der Waals surface area contributed by atoms with Gasteiger partial charge >= 0.3 is 0 Å². The van der Waals surface area contributed by atoms with Crippen molar-refractivity contribution in [2.24, 2.45) is 5.41 Å². The van der Waals surface area contributed by atoms with Gasteiger partial charge in [-0.3, -0.25) is 9.59 Å². The highest BCUT2D eigenvalue weighted by Crippen LogP contribution is 2.32. The molecule has 4 heteroatoms. The molecule has 1 aromatic carbocycles. The number of benzene rings is 1. The van der Waals surface area contributed by atoms with Gasteiger partial charge in [-0.25, -0.2) is 0 Å². The summed E-state index contributed by atoms with van der Waals surface area (Å²) in [6, 6.07) is 7.15. The highest BCUT2D eigenvalue weighted by Gasteiger charge is 2.37. The summed E-state index contributed by atoms with van der Waals surface area (Å²) in [5, 5.41) is 0.778. The predicted molar refractivity (Wildman–Crippen MR) is 70.7 cm³/mol. The van der Waals surface area contributed by atoms with E-state index in [9.17, 15) is 9.59 Å². The van der Waals surface area contributed by atoms with Crippen LogP contribution in [0, 0.1) is 5.41 Å². The molecule has 0 aromatic heterocycles. The Morgan fingerprint density at radius 2 is 1.88 bits per heavy atom. The molecule has 2 rings (SSSR count). The minimum atomic E-state index is -0.416. The minimum Gasteiger partial charge on any atom is -0.304 e. The van der Waals surface area contributed by atoms with E-state index in [-0.39, 0.29) is 5.41 Å². The fourth-order valence-corrected chi connectivity index (χ4v) is 2.05. The molecule has 0 bridgehead atoms. The predicted octanol–water partition coefficient (Wildman–Crippen LogP) is 2.64. The molecule has 1 aromatic rings. The first-order valence-corrected chi connectivity index (χ1v) is 6.59. The van der Waals surface area contributed by atoms with Gasteiger partial charge in [0.05, 0.1) is 11.3 Å². The number of rotatable bonds is 3. The zero-order valence-corrected chi connectivity index (χ0v) is 11.5. The number of hydrogen-bond acceptors (Lipinski definition) is 2. The molecule has 0 radical (unpaired) electrons. The lowest BCUT2D eigenvalue weighted by atomic mass is 9.96. The van der Waals surface area contributed by atoms with Crippen molar-refractivity contribution in [1.82, 2.24) is 0 Å². The molecule has 0 N–H and O–H groups in total. The van der Waals surface area contributed by atoms with E-state index in [4.69, 9.17) is 0 Å². The zero-order chi connectivity index (χ0) is 12.6. The third-order valence-electron chi connectivity index (χ3n) is 2.83. The maximum absolute atomic E-state index is 11.9. The van der Waals surface area contributed by atoms with Gasteiger partial charge in [0.1, 0.15) is 0 Å². The van der Waals surface area contributed by atoms with Gasteiger partial charge in [0.25, 0.3) is 11.7 Å². The van der Waals surface area contributed by atoms with Crippen molar-refractivity contribution in [2.45, 2.75) is 13.8 Å². The molecule has 1 aliphatic rings. The van der Waals surface area contributed by atoms with Gasteiger partial charge in [-0.05, 0) is 17.5 Å². The third kappa shape index (κ3) is 2.14. The monoisotopic (exact) mass is 295 g/mol. The lowest BCUT2D eigenvalue weighted by molar-refractivity contribution is -0.114. The van der Waals surface area contributed by atoms with Crippen molar-refractivity contribution < 1.29 is 9.59 Å². The Morgan fingerprint density at radius 1 is 1.24 bits per heavy atom. The number of alkyl halides is 1. The average Bonchev–Trinajstić information content (AvgIpc) is 2.55. The molecule has 17 heavy (non-hydrogen) atoms. The molecule has 0 aliphatic carbocycles. The summed E-state index contributed by atoms with van der Waals surface area (Å²) >= 11 is 3.43. The summed E-state index contributed by atoms with van der Waals surface area (Å²) in [4.78, 5) is 25.3. The summed E-state index contributed by atoms with van der Waals surface area (Å²) in [6.07, 6.45) is 0. The lowest BCUT2D eigenvalue weighted by Crippen LogP contribution is -2.38. The summed E-state index contributed by atoms with van der Waals surface area (Å²) in [7, 11) is 0. The second-order valence-electron chi connectivity index (χ2n) is 5.04. The Bertz CT molecular complexity index is 482. The van der Waals surface area contributed by atoms with Crippen molar-refractivity contribution in [3.63, 3.8) is 0 Å². The normalized spacial score (nSPS) is 15.4. The van der Waals surface area contributed by atoms with E-state index in [1.54, 1.807) is 17.0 Å². The first kappa shape index (κ1) is 12.3. The van der Waals surface area contributed by atoms with E-state index in [0.717, 1.165) is 11.0 Å². The number of carbonyl (C=O) groups is 2. The molecule has 1 aliphatic heterocycles. The molecule has 1 amide bonds. The number of carbonyl (C=O) groups excluding carboxylic acids is 2. The fraction of sp³-hybridized carbons (Fsp3) is 0.385. The second kappa shape index (κ2) is 4.26. The van der Waals surface area contributed by atoms with Crippen LogP contribution in [0.15, 0.2) is 24.3 Å². The Morgan fingerprint density at radius 3 is 2.53 bits per heavy atom. The average molecular weight is 296 g/mol. The van der Waals surface area contributed by atoms with Crippen LogP contribution in [0.4, 0.5) is 5.69 Å². The van der Waals surface area contributed by atoms with Gasteiger partial charge in [0, 0.05) is 11.9 Å². The molecule has 0 fully saturated rings. The third-order valence-corrected chi connectivity index (χ3v) is 4.34. The van der Waals surface area contributed by atoms with Crippen molar-refractivity contribution in [3.8, 4) is 0 Å². The van der Waals surface area contributed by atoms with Crippen LogP contribution in [0.2, 0.25) is 0 Å². The molecule has 0 saturated carbocycles. The van der Waals surface area contributed by atoms with E-state index in [2.05, 4.69) is 29.8 Å². The van der Waals surface area contributed by atoms with Crippen LogP contribution in [0.5, 0.6) is 0 Å². The van der Waals surface area contributed by atoms with Crippen LogP contribution in [0.3, 0.4) is 0 Å². The van der Waals surface area contributed by atoms with Crippen LogP contribution in [-0.4, -0.2) is 23.6 Å². The van der Waals surface area contributed by atoms with Gasteiger partial charge in [-0.1, -0.05) is 41.9 Å². The molecule has 0 unspecified atom stereocenters. The Kier molecular flexibility index (Phi) is 3.08. The minimum absolute atomic E-state index is 0.0621. The van der Waals surface area contributed by atoms with Crippen LogP contribution in [0.25, 0.3) is 0 Å². The smallest absolute Gasteiger partial charge is 0.299 e. The lowest BCUT2D eigenvalue weighted by Gasteiger charge is -2.28. The van der Waals surface area contributed by atoms with E-state index >= 15 is 0 Å². The van der Waals surface area contributed by atoms with E-state index < -0.39 is 11.7 Å². The fourth-order valence-electron chi connectivity index (χ4n) is 1.88. The summed E-state index contributed by atoms with van der Waals surface area (Å²) in [6.45, 7) is 4.65. The number of amides is 1. The Balaban J connectivity index is 2.37. The molecular weight excluding hydrogens is 282 g/mol. The number of fused-ring (bicyclic) bond motifs is 1. The number of para-hydroxylation sites is 1. The molecule has 1 heterocycles. The van der Waals surface area contributed by atoms with Crippen LogP contribution >= 0.6 is 15.9 Å². The maximum Gasteiger partial charge on any atom is 0.299 e. The summed E-state index contributed by atoms with van der Waals surface area (Å²) in [5.74, 6) is -0.814. The largest absolute Gasteiger partial charge is 0.304 e. The van der Waals surface area contributed by atoms with Gasteiger partial charge in [0.2, 0.25) is 0 Å². The Labute approximate surface area is 109 Å². The van der Waals surface area contributed by atoms with Crippen LogP contribution < -0.4 is 4.90 Å². The molecule has 90 valence electrons. The molecule has 3 nitrogen and oxygen atoms in total. The van der Waals surface area contributed by atoms with Crippen LogP contribution in [0.1, 0.15) is 24.2 Å². The van der Waals surface area contributed by atoms with Crippen molar-refractivity contribution in [1.29, 1.82) is 0 Å². The molecule has 0 spiro atoms. The quantitative estimate of drug-likeness (QED) is 0.635. The van der Waals surface area contributed by atoms with E-state index in [1.165, 1.54) is 0 Å². The van der Waals surface area contributed by atoms with Gasteiger partial charge in [-0.15, -0.1) is 0 Å². The van der Waals surface area contributed by atoms with E-state index in [0.29, 0.717) is 12.1 Å². The second-order valence-corrected chi connectivity index (χ2v) is 5.60. The van der Waals surface area contributed by atoms with Crippen molar-refractivity contribution in [2.75, 3.05) is 16.8 Å². The van der Waals surface area contributed by atoms with Gasteiger partial charge in [0.15, 0.2) is 0 Å². The number of nitrogens with zero attached hydrogens (tertiary/aromatic N) is 1. The first-order chi connectivity index (χ1) is 7.96. The standard InChI is InChI=1S/C13H14BrNO2/c1-13(2,7-14)8-15-10-6-4-3-5-9(10)11(16)12(15)17/h3-6H,7-8H2,1-2H3. The highest BCUT2D eigenvalue weighted by atomic mass is 79.9. The number of anilines is 1. The molecule has 0 saturated heterocycles. The molecular formula is C13H14BrNO2. The highest BCUT2D eigenvalue weighted by molar-refractivity contribution is 9.09. The van der Waals surface area contributed by atoms with E-state index in [1.807, 2.05) is 12.1 Å². The summed E-state index contributed by atoms with van der Waals surface area (Å²) < 4.78 is 0.